The summed E-state index contributed by atoms with van der Waals surface area (Å²) < 4.78 is 13.2. The first kappa shape index (κ1) is 15.4. The molecule has 118 valence electrons. The Morgan fingerprint density at radius 3 is 2.61 bits per heavy atom. The Balaban J connectivity index is 1.70. The molecule has 2 aromatic carbocycles. The highest BCUT2D eigenvalue weighted by molar-refractivity contribution is 6.22. The molecule has 1 saturated heterocycles. The third-order valence-corrected chi connectivity index (χ3v) is 3.88. The summed E-state index contributed by atoms with van der Waals surface area (Å²) in [5, 5.41) is 3.04. The predicted molar refractivity (Wildman–Crippen MR) is 85.3 cm³/mol. The maximum absolute atomic E-state index is 13.2. The second kappa shape index (κ2) is 6.30. The average molecular weight is 312 g/mol. The van der Waals surface area contributed by atoms with Gasteiger partial charge in [0.1, 0.15) is 5.82 Å². The van der Waals surface area contributed by atoms with E-state index in [4.69, 9.17) is 0 Å². The lowest BCUT2D eigenvalue weighted by atomic mass is 10.2. The van der Waals surface area contributed by atoms with E-state index < -0.39 is 6.04 Å². The van der Waals surface area contributed by atoms with E-state index >= 15 is 0 Å². The summed E-state index contributed by atoms with van der Waals surface area (Å²) in [6.07, 6.45) is 0.113. The molecule has 1 aliphatic rings. The number of hydrogen-bond donors (Lipinski definition) is 1. The number of benzene rings is 2. The van der Waals surface area contributed by atoms with Crippen molar-refractivity contribution in [2.45, 2.75) is 25.9 Å². The first-order valence-corrected chi connectivity index (χ1v) is 7.46. The average Bonchev–Trinajstić information content (AvgIpc) is 2.81. The van der Waals surface area contributed by atoms with Crippen LogP contribution in [0.4, 0.5) is 10.1 Å². The van der Waals surface area contributed by atoms with Gasteiger partial charge in [-0.1, -0.05) is 29.8 Å². The number of imide groups is 1. The molecular weight excluding hydrogens is 295 g/mol. The van der Waals surface area contributed by atoms with Crippen molar-refractivity contribution in [1.29, 1.82) is 0 Å². The van der Waals surface area contributed by atoms with Crippen molar-refractivity contribution in [3.8, 4) is 0 Å². The molecule has 4 nitrogen and oxygen atoms in total. The molecule has 0 saturated carbocycles. The summed E-state index contributed by atoms with van der Waals surface area (Å²) in [6.45, 7) is 2.28. The van der Waals surface area contributed by atoms with Gasteiger partial charge in [-0.25, -0.2) is 9.29 Å². The Hall–Kier alpha value is -2.53. The number of aryl methyl sites for hydroxylation is 1. The molecular formula is C18H17FN2O2. The maximum Gasteiger partial charge on any atom is 0.251 e. The van der Waals surface area contributed by atoms with Gasteiger partial charge in [-0.2, -0.15) is 0 Å². The Morgan fingerprint density at radius 1 is 1.17 bits per heavy atom. The molecule has 3 rings (SSSR count). The smallest absolute Gasteiger partial charge is 0.251 e. The number of carbonyl (C=O) groups excluding carboxylic acids is 2. The van der Waals surface area contributed by atoms with Crippen LogP contribution in [0.2, 0.25) is 0 Å². The molecule has 1 heterocycles. The minimum atomic E-state index is -0.577. The Bertz CT molecular complexity index is 743. The molecule has 2 aromatic rings. The molecule has 23 heavy (non-hydrogen) atoms. The Morgan fingerprint density at radius 2 is 1.91 bits per heavy atom. The van der Waals surface area contributed by atoms with Gasteiger partial charge in [0, 0.05) is 6.54 Å². The molecule has 1 N–H and O–H groups in total. The van der Waals surface area contributed by atoms with Crippen LogP contribution in [0.25, 0.3) is 0 Å². The van der Waals surface area contributed by atoms with Crippen LogP contribution in [0, 0.1) is 12.7 Å². The van der Waals surface area contributed by atoms with E-state index in [2.05, 4.69) is 5.32 Å². The molecule has 1 fully saturated rings. The first-order chi connectivity index (χ1) is 11.0. The van der Waals surface area contributed by atoms with E-state index in [0.717, 1.165) is 11.1 Å². The SMILES string of the molecule is Cc1ccc(N2C(=O)C[C@@H](NCc3cccc(F)c3)C2=O)cc1. The van der Waals surface area contributed by atoms with Crippen LogP contribution in [0.3, 0.4) is 0 Å². The standard InChI is InChI=1S/C18H17FN2O2/c1-12-5-7-15(8-6-12)21-17(22)10-16(18(21)23)20-11-13-3-2-4-14(19)9-13/h2-9,16,20H,10-11H2,1H3/t16-/m1/s1. The summed E-state index contributed by atoms with van der Waals surface area (Å²) >= 11 is 0. The summed E-state index contributed by atoms with van der Waals surface area (Å²) in [7, 11) is 0. The fourth-order valence-electron chi connectivity index (χ4n) is 2.64. The molecule has 1 aliphatic heterocycles. The van der Waals surface area contributed by atoms with Crippen molar-refractivity contribution < 1.29 is 14.0 Å². The van der Waals surface area contributed by atoms with Gasteiger partial charge in [0.2, 0.25) is 5.91 Å². The van der Waals surface area contributed by atoms with E-state index in [1.165, 1.54) is 17.0 Å². The van der Waals surface area contributed by atoms with Gasteiger partial charge in [-0.15, -0.1) is 0 Å². The van der Waals surface area contributed by atoms with Crippen LogP contribution in [0.5, 0.6) is 0 Å². The molecule has 1 atom stereocenters. The van der Waals surface area contributed by atoms with Gasteiger partial charge in [-0.05, 0) is 36.8 Å². The number of nitrogens with one attached hydrogen (secondary N) is 1. The largest absolute Gasteiger partial charge is 0.301 e. The summed E-state index contributed by atoms with van der Waals surface area (Å²) in [5.74, 6) is -0.815. The molecule has 0 bridgehead atoms. The highest BCUT2D eigenvalue weighted by Gasteiger charge is 2.39. The maximum atomic E-state index is 13.2. The molecule has 0 radical (unpaired) electrons. The number of nitrogens with zero attached hydrogens (tertiary/aromatic N) is 1. The molecule has 2 amide bonds. The van der Waals surface area contributed by atoms with Crippen molar-refractivity contribution >= 4 is 17.5 Å². The van der Waals surface area contributed by atoms with E-state index in [1.807, 2.05) is 19.1 Å². The zero-order valence-electron chi connectivity index (χ0n) is 12.8. The van der Waals surface area contributed by atoms with Gasteiger partial charge < -0.3 is 5.32 Å². The second-order valence-corrected chi connectivity index (χ2v) is 5.67. The lowest BCUT2D eigenvalue weighted by Gasteiger charge is -2.15. The van der Waals surface area contributed by atoms with Crippen molar-refractivity contribution in [3.63, 3.8) is 0 Å². The fourth-order valence-corrected chi connectivity index (χ4v) is 2.64. The van der Waals surface area contributed by atoms with Crippen LogP contribution in [-0.4, -0.2) is 17.9 Å². The summed E-state index contributed by atoms with van der Waals surface area (Å²) in [6, 6.07) is 12.8. The van der Waals surface area contributed by atoms with Crippen molar-refractivity contribution in [1.82, 2.24) is 5.32 Å². The molecule has 5 heteroatoms. The molecule has 0 spiro atoms. The van der Waals surface area contributed by atoms with Crippen LogP contribution in [0.1, 0.15) is 17.5 Å². The van der Waals surface area contributed by atoms with E-state index in [9.17, 15) is 14.0 Å². The normalized spacial score (nSPS) is 17.8. The van der Waals surface area contributed by atoms with E-state index in [1.54, 1.807) is 24.3 Å². The summed E-state index contributed by atoms with van der Waals surface area (Å²) in [5.41, 5.74) is 2.38. The zero-order chi connectivity index (χ0) is 16.4. The van der Waals surface area contributed by atoms with Crippen molar-refractivity contribution in [2.24, 2.45) is 0 Å². The predicted octanol–water partition coefficient (Wildman–Crippen LogP) is 2.56. The van der Waals surface area contributed by atoms with Gasteiger partial charge in [0.25, 0.3) is 5.91 Å². The first-order valence-electron chi connectivity index (χ1n) is 7.46. The third-order valence-electron chi connectivity index (χ3n) is 3.88. The van der Waals surface area contributed by atoms with E-state index in [0.29, 0.717) is 12.2 Å². The summed E-state index contributed by atoms with van der Waals surface area (Å²) in [4.78, 5) is 25.8. The second-order valence-electron chi connectivity index (χ2n) is 5.67. The molecule has 0 aliphatic carbocycles. The minimum Gasteiger partial charge on any atom is -0.301 e. The quantitative estimate of drug-likeness (QED) is 0.883. The van der Waals surface area contributed by atoms with Crippen molar-refractivity contribution in [2.75, 3.05) is 4.90 Å². The fraction of sp³-hybridized carbons (Fsp3) is 0.222. The zero-order valence-corrected chi connectivity index (χ0v) is 12.8. The number of rotatable bonds is 4. The van der Waals surface area contributed by atoms with Crippen LogP contribution < -0.4 is 10.2 Å². The Labute approximate surface area is 133 Å². The van der Waals surface area contributed by atoms with E-state index in [-0.39, 0.29) is 24.1 Å². The Kier molecular flexibility index (Phi) is 4.21. The lowest BCUT2D eigenvalue weighted by molar-refractivity contribution is -0.121. The van der Waals surface area contributed by atoms with Gasteiger partial charge in [0.05, 0.1) is 18.2 Å². The number of hydrogen-bond acceptors (Lipinski definition) is 3. The highest BCUT2D eigenvalue weighted by Crippen LogP contribution is 2.23. The van der Waals surface area contributed by atoms with Crippen LogP contribution in [-0.2, 0) is 16.1 Å². The number of halogens is 1. The lowest BCUT2D eigenvalue weighted by Crippen LogP contribution is -2.38. The van der Waals surface area contributed by atoms with Crippen LogP contribution >= 0.6 is 0 Å². The van der Waals surface area contributed by atoms with Gasteiger partial charge >= 0.3 is 0 Å². The van der Waals surface area contributed by atoms with Gasteiger partial charge in [0.15, 0.2) is 0 Å². The third kappa shape index (κ3) is 3.29. The van der Waals surface area contributed by atoms with Gasteiger partial charge in [-0.3, -0.25) is 9.59 Å². The molecule has 0 aromatic heterocycles. The molecule has 0 unspecified atom stereocenters. The number of amides is 2. The monoisotopic (exact) mass is 312 g/mol. The number of carbonyl (C=O) groups is 2. The minimum absolute atomic E-state index is 0.113. The topological polar surface area (TPSA) is 49.4 Å². The van der Waals surface area contributed by atoms with Crippen LogP contribution in [0.15, 0.2) is 48.5 Å². The highest BCUT2D eigenvalue weighted by atomic mass is 19.1. The van der Waals surface area contributed by atoms with Crippen molar-refractivity contribution in [3.05, 3.63) is 65.5 Å². The number of anilines is 1.